The first kappa shape index (κ1) is 24.3. The van der Waals surface area contributed by atoms with E-state index >= 15 is 0 Å². The van der Waals surface area contributed by atoms with Gasteiger partial charge in [0.1, 0.15) is 12.4 Å². The van der Waals surface area contributed by atoms with Crippen LogP contribution in [-0.4, -0.2) is 87.8 Å². The molecule has 0 atom stereocenters. The second-order valence-electron chi connectivity index (χ2n) is 8.43. The number of likely N-dealkylation sites (tertiary alicyclic amines) is 1. The van der Waals surface area contributed by atoms with Crippen molar-refractivity contribution < 1.29 is 14.3 Å². The van der Waals surface area contributed by atoms with Crippen LogP contribution >= 0.6 is 0 Å². The summed E-state index contributed by atoms with van der Waals surface area (Å²) in [6.07, 6.45) is 2.66. The normalized spacial score (nSPS) is 18.4. The second-order valence-corrected chi connectivity index (χ2v) is 8.43. The fraction of sp³-hybridized carbons (Fsp3) is 0.667. The number of ether oxygens (including phenoxy) is 2. The summed E-state index contributed by atoms with van der Waals surface area (Å²) in [6, 6.07) is 8.22. The smallest absolute Gasteiger partial charge is 0.220 e. The number of aliphatic imine (C=N–C) groups is 1. The first-order valence-electron chi connectivity index (χ1n) is 11.9. The molecular weight excluding hydrogens is 406 g/mol. The van der Waals surface area contributed by atoms with Gasteiger partial charge in [-0.05, 0) is 43.4 Å². The van der Waals surface area contributed by atoms with E-state index in [1.807, 2.05) is 12.1 Å². The number of carbonyl (C=O) groups is 1. The molecular formula is C24H39N5O3. The summed E-state index contributed by atoms with van der Waals surface area (Å²) in [4.78, 5) is 21.2. The molecule has 2 N–H and O–H groups in total. The van der Waals surface area contributed by atoms with Gasteiger partial charge in [-0.25, -0.2) is 4.99 Å². The Balaban J connectivity index is 1.49. The van der Waals surface area contributed by atoms with Crippen LogP contribution in [0.3, 0.4) is 0 Å². The third-order valence-corrected chi connectivity index (χ3v) is 6.09. The van der Waals surface area contributed by atoms with Crippen molar-refractivity contribution in [2.45, 2.75) is 32.7 Å². The molecule has 0 spiro atoms. The van der Waals surface area contributed by atoms with Gasteiger partial charge >= 0.3 is 0 Å². The van der Waals surface area contributed by atoms with E-state index in [1.54, 1.807) is 7.05 Å². The molecule has 3 rings (SSSR count). The van der Waals surface area contributed by atoms with E-state index in [9.17, 15) is 4.79 Å². The SMILES string of the molecule is CCNC(=NCc1cccc(OCCN2CCOCC2)c1)N1CCC(CC(=O)NC)CC1. The fourth-order valence-electron chi connectivity index (χ4n) is 4.16. The van der Waals surface area contributed by atoms with Gasteiger partial charge in [-0.15, -0.1) is 0 Å². The molecule has 0 aliphatic carbocycles. The Morgan fingerprint density at radius 3 is 2.72 bits per heavy atom. The predicted octanol–water partition coefficient (Wildman–Crippen LogP) is 1.71. The highest BCUT2D eigenvalue weighted by molar-refractivity contribution is 5.80. The number of carbonyl (C=O) groups excluding carboxylic acids is 1. The lowest BCUT2D eigenvalue weighted by Crippen LogP contribution is -2.46. The first-order valence-corrected chi connectivity index (χ1v) is 11.9. The van der Waals surface area contributed by atoms with E-state index < -0.39 is 0 Å². The van der Waals surface area contributed by atoms with Crippen molar-refractivity contribution in [3.8, 4) is 5.75 Å². The summed E-state index contributed by atoms with van der Waals surface area (Å²) in [5.41, 5.74) is 1.14. The zero-order chi connectivity index (χ0) is 22.6. The molecule has 2 saturated heterocycles. The summed E-state index contributed by atoms with van der Waals surface area (Å²) in [7, 11) is 1.71. The number of benzene rings is 1. The standard InChI is InChI=1S/C24H39N5O3/c1-3-26-24(29-9-7-20(8-10-29)18-23(30)25-2)27-19-21-5-4-6-22(17-21)32-16-13-28-11-14-31-15-12-28/h4-6,17,20H,3,7-16,18-19H2,1-2H3,(H,25,30)(H,26,27). The fourth-order valence-corrected chi connectivity index (χ4v) is 4.16. The average molecular weight is 446 g/mol. The van der Waals surface area contributed by atoms with E-state index in [4.69, 9.17) is 14.5 Å². The van der Waals surface area contributed by atoms with Gasteiger partial charge in [-0.3, -0.25) is 9.69 Å². The molecule has 2 aliphatic heterocycles. The van der Waals surface area contributed by atoms with Crippen LogP contribution in [0.1, 0.15) is 31.7 Å². The molecule has 1 aromatic rings. The van der Waals surface area contributed by atoms with Gasteiger partial charge in [0.2, 0.25) is 5.91 Å². The molecule has 1 amide bonds. The summed E-state index contributed by atoms with van der Waals surface area (Å²) in [6.45, 7) is 10.6. The van der Waals surface area contributed by atoms with E-state index in [0.717, 1.165) is 82.6 Å². The van der Waals surface area contributed by atoms with E-state index in [0.29, 0.717) is 25.5 Å². The third kappa shape index (κ3) is 7.98. The number of amides is 1. The van der Waals surface area contributed by atoms with E-state index in [2.05, 4.69) is 39.5 Å². The van der Waals surface area contributed by atoms with Gasteiger partial charge in [-0.2, -0.15) is 0 Å². The van der Waals surface area contributed by atoms with Crippen molar-refractivity contribution in [1.29, 1.82) is 0 Å². The molecule has 0 saturated carbocycles. The summed E-state index contributed by atoms with van der Waals surface area (Å²) in [5.74, 6) is 2.44. The lowest BCUT2D eigenvalue weighted by Gasteiger charge is -2.34. The maximum atomic E-state index is 11.7. The van der Waals surface area contributed by atoms with Crippen LogP contribution in [-0.2, 0) is 16.1 Å². The number of rotatable bonds is 9. The summed E-state index contributed by atoms with van der Waals surface area (Å²) >= 11 is 0. The van der Waals surface area contributed by atoms with E-state index in [1.165, 1.54) is 0 Å². The molecule has 0 bridgehead atoms. The van der Waals surface area contributed by atoms with Gasteiger partial charge in [0.15, 0.2) is 5.96 Å². The summed E-state index contributed by atoms with van der Waals surface area (Å²) < 4.78 is 11.4. The molecule has 2 aliphatic rings. The Hall–Kier alpha value is -2.32. The van der Waals surface area contributed by atoms with Crippen LogP contribution in [0.2, 0.25) is 0 Å². The van der Waals surface area contributed by atoms with Crippen molar-refractivity contribution in [1.82, 2.24) is 20.4 Å². The van der Waals surface area contributed by atoms with Crippen LogP contribution in [0.25, 0.3) is 0 Å². The molecule has 0 unspecified atom stereocenters. The largest absolute Gasteiger partial charge is 0.492 e. The molecule has 8 nitrogen and oxygen atoms in total. The quantitative estimate of drug-likeness (QED) is 0.445. The molecule has 2 heterocycles. The molecule has 0 radical (unpaired) electrons. The maximum Gasteiger partial charge on any atom is 0.220 e. The highest BCUT2D eigenvalue weighted by Crippen LogP contribution is 2.21. The van der Waals surface area contributed by atoms with Crippen LogP contribution in [0.4, 0.5) is 0 Å². The predicted molar refractivity (Wildman–Crippen MR) is 127 cm³/mol. The second kappa shape index (κ2) is 13.3. The Kier molecular flexibility index (Phi) is 10.1. The van der Waals surface area contributed by atoms with Crippen molar-refractivity contribution in [2.75, 3.05) is 66.1 Å². The summed E-state index contributed by atoms with van der Waals surface area (Å²) in [5, 5.41) is 6.16. The Morgan fingerprint density at radius 1 is 1.22 bits per heavy atom. The van der Waals surface area contributed by atoms with Crippen molar-refractivity contribution in [3.05, 3.63) is 29.8 Å². The molecule has 32 heavy (non-hydrogen) atoms. The van der Waals surface area contributed by atoms with Crippen molar-refractivity contribution >= 4 is 11.9 Å². The van der Waals surface area contributed by atoms with Gasteiger partial charge in [0.25, 0.3) is 0 Å². The first-order chi connectivity index (χ1) is 15.7. The van der Waals surface area contributed by atoms with Crippen LogP contribution in [0, 0.1) is 5.92 Å². The zero-order valence-corrected chi connectivity index (χ0v) is 19.6. The average Bonchev–Trinajstić information content (AvgIpc) is 2.83. The molecule has 8 heteroatoms. The Bertz CT molecular complexity index is 728. The van der Waals surface area contributed by atoms with Crippen LogP contribution in [0.5, 0.6) is 5.75 Å². The third-order valence-electron chi connectivity index (χ3n) is 6.09. The van der Waals surface area contributed by atoms with Gasteiger partial charge in [-0.1, -0.05) is 12.1 Å². The number of guanidine groups is 1. The number of nitrogens with one attached hydrogen (secondary N) is 2. The minimum Gasteiger partial charge on any atom is -0.492 e. The Labute approximate surface area is 192 Å². The number of nitrogens with zero attached hydrogens (tertiary/aromatic N) is 3. The van der Waals surface area contributed by atoms with Gasteiger partial charge in [0.05, 0.1) is 19.8 Å². The maximum absolute atomic E-state index is 11.7. The van der Waals surface area contributed by atoms with Crippen LogP contribution < -0.4 is 15.4 Å². The number of hydrogen-bond donors (Lipinski definition) is 2. The minimum atomic E-state index is 0.135. The lowest BCUT2D eigenvalue weighted by molar-refractivity contribution is -0.121. The molecule has 1 aromatic carbocycles. The van der Waals surface area contributed by atoms with Gasteiger partial charge in [0, 0.05) is 52.7 Å². The van der Waals surface area contributed by atoms with E-state index in [-0.39, 0.29) is 5.91 Å². The Morgan fingerprint density at radius 2 is 2.00 bits per heavy atom. The lowest BCUT2D eigenvalue weighted by atomic mass is 9.93. The monoisotopic (exact) mass is 445 g/mol. The number of hydrogen-bond acceptors (Lipinski definition) is 5. The molecule has 2 fully saturated rings. The highest BCUT2D eigenvalue weighted by Gasteiger charge is 2.23. The number of piperidine rings is 1. The number of morpholine rings is 1. The minimum absolute atomic E-state index is 0.135. The van der Waals surface area contributed by atoms with Crippen molar-refractivity contribution in [2.24, 2.45) is 10.9 Å². The topological polar surface area (TPSA) is 78.4 Å². The highest BCUT2D eigenvalue weighted by atomic mass is 16.5. The van der Waals surface area contributed by atoms with Crippen LogP contribution in [0.15, 0.2) is 29.3 Å². The van der Waals surface area contributed by atoms with Gasteiger partial charge < -0.3 is 25.0 Å². The molecule has 178 valence electrons. The zero-order valence-electron chi connectivity index (χ0n) is 19.6. The van der Waals surface area contributed by atoms with Crippen molar-refractivity contribution in [3.63, 3.8) is 0 Å². The molecule has 0 aromatic heterocycles.